The molecule has 3 heterocycles. The lowest BCUT2D eigenvalue weighted by atomic mass is 10.2. The normalized spacial score (nSPS) is 20.0. The molecule has 1 N–H and O–H groups in total. The van der Waals surface area contributed by atoms with Crippen LogP contribution in [0.4, 0.5) is 5.82 Å². The molecule has 3 rings (SSSR count). The molecule has 1 aromatic rings. The maximum absolute atomic E-state index is 12.8. The summed E-state index contributed by atoms with van der Waals surface area (Å²) >= 11 is 0. The van der Waals surface area contributed by atoms with E-state index in [-0.39, 0.29) is 5.91 Å². The fourth-order valence-electron chi connectivity index (χ4n) is 2.96. The Balaban J connectivity index is 1.83. The van der Waals surface area contributed by atoms with E-state index in [4.69, 9.17) is 0 Å². The minimum Gasteiger partial charge on any atom is -0.356 e. The van der Waals surface area contributed by atoms with E-state index < -0.39 is 0 Å². The van der Waals surface area contributed by atoms with Gasteiger partial charge >= 0.3 is 0 Å². The summed E-state index contributed by atoms with van der Waals surface area (Å²) < 4.78 is 0. The molecule has 5 heteroatoms. The number of hydrogen-bond acceptors (Lipinski definition) is 4. The molecule has 0 aliphatic carbocycles. The van der Waals surface area contributed by atoms with Crippen molar-refractivity contribution in [2.75, 3.05) is 44.2 Å². The smallest absolute Gasteiger partial charge is 0.257 e. The molecule has 1 amide bonds. The Kier molecular flexibility index (Phi) is 4.16. The first-order valence-corrected chi connectivity index (χ1v) is 7.56. The molecule has 0 spiro atoms. The van der Waals surface area contributed by atoms with Gasteiger partial charge < -0.3 is 15.1 Å². The summed E-state index contributed by atoms with van der Waals surface area (Å²) in [6.45, 7) is 5.52. The maximum Gasteiger partial charge on any atom is 0.257 e. The van der Waals surface area contributed by atoms with Crippen molar-refractivity contribution in [2.24, 2.45) is 0 Å². The van der Waals surface area contributed by atoms with Crippen LogP contribution in [-0.2, 0) is 0 Å². The van der Waals surface area contributed by atoms with Crippen molar-refractivity contribution in [2.45, 2.75) is 19.3 Å². The third-order valence-corrected chi connectivity index (χ3v) is 4.05. The molecule has 20 heavy (non-hydrogen) atoms. The number of carbonyl (C=O) groups excluding carboxylic acids is 1. The summed E-state index contributed by atoms with van der Waals surface area (Å²) in [5.41, 5.74) is 0.760. The molecule has 2 aliphatic rings. The molecular formula is C15H22N4O. The van der Waals surface area contributed by atoms with Crippen molar-refractivity contribution in [3.05, 3.63) is 23.9 Å². The topological polar surface area (TPSA) is 48.5 Å². The zero-order valence-electron chi connectivity index (χ0n) is 11.8. The van der Waals surface area contributed by atoms with Crippen LogP contribution in [0.1, 0.15) is 29.6 Å². The van der Waals surface area contributed by atoms with Crippen LogP contribution in [0.2, 0.25) is 0 Å². The standard InChI is InChI=1S/C15H22N4O/c20-15(19-11-4-6-16-8-12-19)13-5-3-7-17-14(13)18-9-1-2-10-18/h3,5,7,16H,1-2,4,6,8-12H2. The second-order valence-corrected chi connectivity index (χ2v) is 5.46. The lowest BCUT2D eigenvalue weighted by Gasteiger charge is -2.24. The fourth-order valence-corrected chi connectivity index (χ4v) is 2.96. The van der Waals surface area contributed by atoms with Crippen molar-refractivity contribution >= 4 is 11.7 Å². The van der Waals surface area contributed by atoms with Gasteiger partial charge in [0.2, 0.25) is 0 Å². The number of aromatic nitrogens is 1. The third kappa shape index (κ3) is 2.77. The second kappa shape index (κ2) is 6.22. The largest absolute Gasteiger partial charge is 0.356 e. The van der Waals surface area contributed by atoms with Gasteiger partial charge in [-0.2, -0.15) is 0 Å². The van der Waals surface area contributed by atoms with Gasteiger partial charge in [-0.15, -0.1) is 0 Å². The second-order valence-electron chi connectivity index (χ2n) is 5.46. The van der Waals surface area contributed by atoms with Crippen LogP contribution >= 0.6 is 0 Å². The number of amides is 1. The van der Waals surface area contributed by atoms with Crippen LogP contribution in [0.25, 0.3) is 0 Å². The number of anilines is 1. The van der Waals surface area contributed by atoms with Gasteiger partial charge in [-0.25, -0.2) is 4.98 Å². The molecule has 108 valence electrons. The maximum atomic E-state index is 12.8. The summed E-state index contributed by atoms with van der Waals surface area (Å²) in [5, 5.41) is 3.33. The van der Waals surface area contributed by atoms with E-state index in [0.717, 1.165) is 57.1 Å². The number of nitrogens with one attached hydrogen (secondary N) is 1. The monoisotopic (exact) mass is 274 g/mol. The van der Waals surface area contributed by atoms with E-state index in [1.54, 1.807) is 6.20 Å². The Bertz CT molecular complexity index is 463. The lowest BCUT2D eigenvalue weighted by Crippen LogP contribution is -2.35. The van der Waals surface area contributed by atoms with E-state index >= 15 is 0 Å². The Morgan fingerprint density at radius 2 is 1.95 bits per heavy atom. The van der Waals surface area contributed by atoms with Crippen LogP contribution in [-0.4, -0.2) is 55.1 Å². The number of rotatable bonds is 2. The highest BCUT2D eigenvalue weighted by atomic mass is 16.2. The Morgan fingerprint density at radius 1 is 1.10 bits per heavy atom. The molecule has 2 fully saturated rings. The average molecular weight is 274 g/mol. The van der Waals surface area contributed by atoms with Gasteiger partial charge in [0.15, 0.2) is 0 Å². The Labute approximate surface area is 120 Å². The minimum atomic E-state index is 0.128. The SMILES string of the molecule is O=C(c1cccnc1N1CCCC1)N1CCCNCC1. The van der Waals surface area contributed by atoms with Crippen molar-refractivity contribution < 1.29 is 4.79 Å². The molecule has 0 aromatic carbocycles. The van der Waals surface area contributed by atoms with E-state index in [0.29, 0.717) is 0 Å². The summed E-state index contributed by atoms with van der Waals surface area (Å²) in [4.78, 5) is 21.4. The Morgan fingerprint density at radius 3 is 2.80 bits per heavy atom. The first kappa shape index (κ1) is 13.4. The predicted octanol–water partition coefficient (Wildman–Crippen LogP) is 1.12. The molecule has 0 unspecified atom stereocenters. The van der Waals surface area contributed by atoms with Crippen LogP contribution in [0.15, 0.2) is 18.3 Å². The fraction of sp³-hybridized carbons (Fsp3) is 0.600. The van der Waals surface area contributed by atoms with Crippen LogP contribution in [0.3, 0.4) is 0 Å². The zero-order chi connectivity index (χ0) is 13.8. The molecule has 0 atom stereocenters. The van der Waals surface area contributed by atoms with E-state index in [2.05, 4.69) is 15.2 Å². The van der Waals surface area contributed by atoms with Gasteiger partial charge in [0.25, 0.3) is 5.91 Å². The first-order valence-electron chi connectivity index (χ1n) is 7.56. The van der Waals surface area contributed by atoms with Gasteiger partial charge in [0.05, 0.1) is 5.56 Å². The third-order valence-electron chi connectivity index (χ3n) is 4.05. The molecule has 5 nitrogen and oxygen atoms in total. The van der Waals surface area contributed by atoms with Gasteiger partial charge in [0.1, 0.15) is 5.82 Å². The number of pyridine rings is 1. The van der Waals surface area contributed by atoms with Crippen molar-refractivity contribution in [1.82, 2.24) is 15.2 Å². The summed E-state index contributed by atoms with van der Waals surface area (Å²) in [5.74, 6) is 0.996. The zero-order valence-corrected chi connectivity index (χ0v) is 11.8. The molecular weight excluding hydrogens is 252 g/mol. The quantitative estimate of drug-likeness (QED) is 0.878. The van der Waals surface area contributed by atoms with E-state index in [1.165, 1.54) is 12.8 Å². The highest BCUT2D eigenvalue weighted by molar-refractivity contribution is 5.99. The van der Waals surface area contributed by atoms with Gasteiger partial charge in [-0.3, -0.25) is 4.79 Å². The van der Waals surface area contributed by atoms with Gasteiger partial charge in [0, 0.05) is 38.9 Å². The van der Waals surface area contributed by atoms with Crippen molar-refractivity contribution in [3.63, 3.8) is 0 Å². The molecule has 2 aliphatic heterocycles. The van der Waals surface area contributed by atoms with Crippen molar-refractivity contribution in [3.8, 4) is 0 Å². The first-order chi connectivity index (χ1) is 9.86. The molecule has 0 bridgehead atoms. The van der Waals surface area contributed by atoms with E-state index in [9.17, 15) is 4.79 Å². The number of hydrogen-bond donors (Lipinski definition) is 1. The van der Waals surface area contributed by atoms with Crippen LogP contribution in [0, 0.1) is 0 Å². The molecule has 2 saturated heterocycles. The van der Waals surface area contributed by atoms with Gasteiger partial charge in [-0.1, -0.05) is 0 Å². The van der Waals surface area contributed by atoms with E-state index in [1.807, 2.05) is 17.0 Å². The average Bonchev–Trinajstić information content (AvgIpc) is 2.89. The van der Waals surface area contributed by atoms with Gasteiger partial charge in [-0.05, 0) is 37.9 Å². The Hall–Kier alpha value is -1.62. The molecule has 0 radical (unpaired) electrons. The van der Waals surface area contributed by atoms with Crippen LogP contribution < -0.4 is 10.2 Å². The number of carbonyl (C=O) groups is 1. The summed E-state index contributed by atoms with van der Waals surface area (Å²) in [6, 6.07) is 3.78. The lowest BCUT2D eigenvalue weighted by molar-refractivity contribution is 0.0766. The van der Waals surface area contributed by atoms with Crippen LogP contribution in [0.5, 0.6) is 0 Å². The molecule has 1 aromatic heterocycles. The minimum absolute atomic E-state index is 0.128. The predicted molar refractivity (Wildman–Crippen MR) is 79.1 cm³/mol. The van der Waals surface area contributed by atoms with Crippen molar-refractivity contribution in [1.29, 1.82) is 0 Å². The highest BCUT2D eigenvalue weighted by Crippen LogP contribution is 2.23. The number of nitrogens with zero attached hydrogens (tertiary/aromatic N) is 3. The highest BCUT2D eigenvalue weighted by Gasteiger charge is 2.24. The molecule has 0 saturated carbocycles. The summed E-state index contributed by atoms with van der Waals surface area (Å²) in [7, 11) is 0. The summed E-state index contributed by atoms with van der Waals surface area (Å²) in [6.07, 6.45) is 5.19.